The van der Waals surface area contributed by atoms with Crippen LogP contribution in [-0.2, 0) is 14.3 Å². The Balaban J connectivity index is 1.48. The summed E-state index contributed by atoms with van der Waals surface area (Å²) in [6, 6.07) is 6.97. The van der Waals surface area contributed by atoms with Crippen LogP contribution < -0.4 is 5.32 Å². The number of anilines is 1. The first-order chi connectivity index (χ1) is 11.6. The number of hydrogen-bond donors (Lipinski definition) is 1. The molecule has 1 aromatic carbocycles. The van der Waals surface area contributed by atoms with E-state index in [9.17, 15) is 9.59 Å². The van der Waals surface area contributed by atoms with Crippen LogP contribution in [0, 0.1) is 5.92 Å². The molecule has 7 heteroatoms. The summed E-state index contributed by atoms with van der Waals surface area (Å²) in [5, 5.41) is 3.48. The normalized spacial score (nSPS) is 22.0. The molecule has 2 aliphatic heterocycles. The SMILES string of the molecule is O=C(Nc1ccc(Cl)cc1)C1CC(=O)N(CCN2CCOCC2)C1. The van der Waals surface area contributed by atoms with E-state index in [0.717, 1.165) is 32.8 Å². The van der Waals surface area contributed by atoms with Crippen molar-refractivity contribution in [1.82, 2.24) is 9.80 Å². The number of amides is 2. The molecule has 2 aliphatic rings. The first kappa shape index (κ1) is 17.2. The van der Waals surface area contributed by atoms with Gasteiger partial charge in [0.25, 0.3) is 0 Å². The van der Waals surface area contributed by atoms with Crippen LogP contribution in [-0.4, -0.2) is 67.6 Å². The van der Waals surface area contributed by atoms with Crippen LogP contribution in [0.1, 0.15) is 6.42 Å². The third-order valence-electron chi connectivity index (χ3n) is 4.49. The van der Waals surface area contributed by atoms with E-state index in [1.54, 1.807) is 29.2 Å². The minimum Gasteiger partial charge on any atom is -0.379 e. The molecule has 0 spiro atoms. The van der Waals surface area contributed by atoms with Crippen molar-refractivity contribution >= 4 is 29.1 Å². The number of benzene rings is 1. The summed E-state index contributed by atoms with van der Waals surface area (Å²) in [4.78, 5) is 28.6. The van der Waals surface area contributed by atoms with Crippen molar-refractivity contribution < 1.29 is 14.3 Å². The van der Waals surface area contributed by atoms with E-state index >= 15 is 0 Å². The Kier molecular flexibility index (Phi) is 5.71. The zero-order valence-corrected chi connectivity index (χ0v) is 14.3. The summed E-state index contributed by atoms with van der Waals surface area (Å²) in [6.45, 7) is 5.30. The number of hydrogen-bond acceptors (Lipinski definition) is 4. The second-order valence-corrected chi connectivity index (χ2v) is 6.63. The molecule has 0 bridgehead atoms. The van der Waals surface area contributed by atoms with E-state index in [4.69, 9.17) is 16.3 Å². The van der Waals surface area contributed by atoms with E-state index in [-0.39, 0.29) is 24.2 Å². The van der Waals surface area contributed by atoms with Crippen LogP contribution in [0.15, 0.2) is 24.3 Å². The zero-order valence-electron chi connectivity index (χ0n) is 13.5. The van der Waals surface area contributed by atoms with Crippen LogP contribution in [0.5, 0.6) is 0 Å². The van der Waals surface area contributed by atoms with Crippen molar-refractivity contribution in [3.8, 4) is 0 Å². The summed E-state index contributed by atoms with van der Waals surface area (Å²) >= 11 is 5.84. The predicted molar refractivity (Wildman–Crippen MR) is 92.0 cm³/mol. The lowest BCUT2D eigenvalue weighted by molar-refractivity contribution is -0.128. The number of likely N-dealkylation sites (tertiary alicyclic amines) is 1. The number of morpholine rings is 1. The first-order valence-corrected chi connectivity index (χ1v) is 8.64. The maximum absolute atomic E-state index is 12.3. The lowest BCUT2D eigenvalue weighted by atomic mass is 10.1. The number of nitrogens with one attached hydrogen (secondary N) is 1. The maximum Gasteiger partial charge on any atom is 0.229 e. The van der Waals surface area contributed by atoms with Gasteiger partial charge in [0.15, 0.2) is 0 Å². The molecule has 0 aliphatic carbocycles. The molecule has 1 aromatic rings. The molecule has 0 saturated carbocycles. The number of carbonyl (C=O) groups excluding carboxylic acids is 2. The molecule has 6 nitrogen and oxygen atoms in total. The molecule has 2 heterocycles. The molecule has 3 rings (SSSR count). The largest absolute Gasteiger partial charge is 0.379 e. The van der Waals surface area contributed by atoms with E-state index in [1.165, 1.54) is 0 Å². The zero-order chi connectivity index (χ0) is 16.9. The molecule has 130 valence electrons. The van der Waals surface area contributed by atoms with Gasteiger partial charge in [-0.1, -0.05) is 11.6 Å². The van der Waals surface area contributed by atoms with Gasteiger partial charge in [0.1, 0.15) is 0 Å². The van der Waals surface area contributed by atoms with Crippen LogP contribution in [0.2, 0.25) is 5.02 Å². The molecular weight excluding hydrogens is 330 g/mol. The van der Waals surface area contributed by atoms with Gasteiger partial charge in [-0.15, -0.1) is 0 Å². The molecule has 24 heavy (non-hydrogen) atoms. The highest BCUT2D eigenvalue weighted by atomic mass is 35.5. The molecule has 2 amide bonds. The van der Waals surface area contributed by atoms with Crippen LogP contribution in [0.25, 0.3) is 0 Å². The van der Waals surface area contributed by atoms with Crippen molar-refractivity contribution in [3.05, 3.63) is 29.3 Å². The summed E-state index contributed by atoms with van der Waals surface area (Å²) in [5.41, 5.74) is 0.698. The van der Waals surface area contributed by atoms with Crippen molar-refractivity contribution in [2.75, 3.05) is 51.3 Å². The number of carbonyl (C=O) groups is 2. The fourth-order valence-electron chi connectivity index (χ4n) is 3.03. The van der Waals surface area contributed by atoms with E-state index in [1.807, 2.05) is 0 Å². The average Bonchev–Trinajstić information content (AvgIpc) is 2.97. The molecular formula is C17H22ClN3O3. The minimum absolute atomic E-state index is 0.0551. The van der Waals surface area contributed by atoms with E-state index in [0.29, 0.717) is 23.8 Å². The fourth-order valence-corrected chi connectivity index (χ4v) is 3.15. The molecule has 0 aromatic heterocycles. The first-order valence-electron chi connectivity index (χ1n) is 8.26. The predicted octanol–water partition coefficient (Wildman–Crippen LogP) is 1.46. The monoisotopic (exact) mass is 351 g/mol. The lowest BCUT2D eigenvalue weighted by Gasteiger charge is -2.28. The highest BCUT2D eigenvalue weighted by molar-refractivity contribution is 6.30. The molecule has 2 fully saturated rings. The summed E-state index contributed by atoms with van der Waals surface area (Å²) < 4.78 is 5.32. The molecule has 0 radical (unpaired) electrons. The summed E-state index contributed by atoms with van der Waals surface area (Å²) in [7, 11) is 0. The molecule has 1 N–H and O–H groups in total. The highest BCUT2D eigenvalue weighted by Gasteiger charge is 2.34. The Bertz CT molecular complexity index is 587. The summed E-state index contributed by atoms with van der Waals surface area (Å²) in [5.74, 6) is -0.350. The molecule has 1 unspecified atom stereocenters. The standard InChI is InChI=1S/C17H22ClN3O3/c18-14-1-3-15(4-2-14)19-17(23)13-11-16(22)21(12-13)6-5-20-7-9-24-10-8-20/h1-4,13H,5-12H2,(H,19,23). The summed E-state index contributed by atoms with van der Waals surface area (Å²) in [6.07, 6.45) is 0.280. The van der Waals surface area contributed by atoms with Gasteiger partial charge in [-0.25, -0.2) is 0 Å². The second-order valence-electron chi connectivity index (χ2n) is 6.19. The van der Waals surface area contributed by atoms with Crippen molar-refractivity contribution in [2.45, 2.75) is 6.42 Å². The number of nitrogens with zero attached hydrogens (tertiary/aromatic N) is 2. The number of rotatable bonds is 5. The maximum atomic E-state index is 12.3. The average molecular weight is 352 g/mol. The van der Waals surface area contributed by atoms with Crippen LogP contribution >= 0.6 is 11.6 Å². The fraction of sp³-hybridized carbons (Fsp3) is 0.529. The Morgan fingerprint density at radius 3 is 2.62 bits per heavy atom. The van der Waals surface area contributed by atoms with Gasteiger partial charge in [0.05, 0.1) is 19.1 Å². The topological polar surface area (TPSA) is 61.9 Å². The Morgan fingerprint density at radius 2 is 1.92 bits per heavy atom. The van der Waals surface area contributed by atoms with Crippen molar-refractivity contribution in [3.63, 3.8) is 0 Å². The van der Waals surface area contributed by atoms with Crippen molar-refractivity contribution in [1.29, 1.82) is 0 Å². The van der Waals surface area contributed by atoms with Gasteiger partial charge < -0.3 is 15.0 Å². The van der Waals surface area contributed by atoms with Gasteiger partial charge in [0, 0.05) is 49.9 Å². The van der Waals surface area contributed by atoms with Crippen LogP contribution in [0.3, 0.4) is 0 Å². The third kappa shape index (κ3) is 4.47. The second kappa shape index (κ2) is 7.96. The van der Waals surface area contributed by atoms with Crippen molar-refractivity contribution in [2.24, 2.45) is 5.92 Å². The van der Waals surface area contributed by atoms with Gasteiger partial charge in [0.2, 0.25) is 11.8 Å². The van der Waals surface area contributed by atoms with Gasteiger partial charge in [-0.3, -0.25) is 14.5 Å². The Hall–Kier alpha value is -1.63. The highest BCUT2D eigenvalue weighted by Crippen LogP contribution is 2.21. The minimum atomic E-state index is -0.294. The number of ether oxygens (including phenoxy) is 1. The Morgan fingerprint density at radius 1 is 1.21 bits per heavy atom. The van der Waals surface area contributed by atoms with Gasteiger partial charge in [-0.2, -0.15) is 0 Å². The molecule has 2 saturated heterocycles. The molecule has 1 atom stereocenters. The third-order valence-corrected chi connectivity index (χ3v) is 4.74. The quantitative estimate of drug-likeness (QED) is 0.872. The van der Waals surface area contributed by atoms with Gasteiger partial charge >= 0.3 is 0 Å². The Labute approximate surface area is 146 Å². The van der Waals surface area contributed by atoms with Crippen LogP contribution in [0.4, 0.5) is 5.69 Å². The van der Waals surface area contributed by atoms with E-state index in [2.05, 4.69) is 10.2 Å². The number of halogens is 1. The smallest absolute Gasteiger partial charge is 0.229 e. The van der Waals surface area contributed by atoms with E-state index < -0.39 is 0 Å². The lowest BCUT2D eigenvalue weighted by Crippen LogP contribution is -2.42. The van der Waals surface area contributed by atoms with Gasteiger partial charge in [-0.05, 0) is 24.3 Å².